The van der Waals surface area contributed by atoms with E-state index in [9.17, 15) is 0 Å². The highest BCUT2D eigenvalue weighted by Crippen LogP contribution is 2.22. The van der Waals surface area contributed by atoms with Gasteiger partial charge in [-0.1, -0.05) is 47.3 Å². The Hall–Kier alpha value is -1.78. The lowest BCUT2D eigenvalue weighted by atomic mass is 9.97. The maximum Gasteiger partial charge on any atom is 0.0667 e. The van der Waals surface area contributed by atoms with Crippen LogP contribution in [-0.4, -0.2) is 20.5 Å². The molecular weight excluding hydrogens is 308 g/mol. The molecule has 2 aromatic rings. The number of aromatic nitrogens is 2. The van der Waals surface area contributed by atoms with Crippen molar-refractivity contribution < 1.29 is 0 Å². The van der Waals surface area contributed by atoms with Crippen molar-refractivity contribution in [3.8, 4) is 0 Å². The monoisotopic (exact) mass is 344 g/mol. The average molecular weight is 345 g/mol. The van der Waals surface area contributed by atoms with Gasteiger partial charge in [0.2, 0.25) is 0 Å². The highest BCUT2D eigenvalue weighted by molar-refractivity contribution is 5.07. The maximum atomic E-state index is 6.63. The smallest absolute Gasteiger partial charge is 0.0667 e. The van der Waals surface area contributed by atoms with Gasteiger partial charge in [-0.3, -0.25) is 14.9 Å². The zero-order chi connectivity index (χ0) is 18.0. The van der Waals surface area contributed by atoms with Gasteiger partial charge in [-0.05, 0) is 43.5 Å². The second-order valence-electron chi connectivity index (χ2n) is 6.45. The second kappa shape index (κ2) is 11.7. The first kappa shape index (κ1) is 23.2. The van der Waals surface area contributed by atoms with Crippen LogP contribution in [0.2, 0.25) is 0 Å². The Bertz CT molecular complexity index is 511. The Morgan fingerprint density at radius 3 is 1.72 bits per heavy atom. The van der Waals surface area contributed by atoms with Crippen molar-refractivity contribution in [2.45, 2.75) is 67.2 Å². The molecule has 25 heavy (non-hydrogen) atoms. The molecule has 0 amide bonds. The minimum atomic E-state index is -0.400. The lowest BCUT2D eigenvalue weighted by Gasteiger charge is -2.39. The SMILES string of the molecule is C.CC.CC(C)CC(C)(N)N(Cc1ccccn1)Cc1ccccn1. The molecule has 2 aromatic heterocycles. The Kier molecular flexibility index (Phi) is 10.9. The molecule has 4 heteroatoms. The molecule has 2 rings (SSSR count). The van der Waals surface area contributed by atoms with Crippen LogP contribution in [0.3, 0.4) is 0 Å². The Morgan fingerprint density at radius 1 is 0.960 bits per heavy atom. The van der Waals surface area contributed by atoms with Crippen molar-refractivity contribution in [2.24, 2.45) is 11.7 Å². The van der Waals surface area contributed by atoms with Crippen LogP contribution >= 0.6 is 0 Å². The first-order valence-corrected chi connectivity index (χ1v) is 8.81. The zero-order valence-corrected chi connectivity index (χ0v) is 15.7. The summed E-state index contributed by atoms with van der Waals surface area (Å²) < 4.78 is 0. The Balaban J connectivity index is 0.00000185. The molecule has 0 spiro atoms. The minimum Gasteiger partial charge on any atom is -0.313 e. The molecule has 0 saturated carbocycles. The topological polar surface area (TPSA) is 55.0 Å². The van der Waals surface area contributed by atoms with Gasteiger partial charge in [-0.2, -0.15) is 0 Å². The summed E-state index contributed by atoms with van der Waals surface area (Å²) in [6.07, 6.45) is 4.57. The predicted molar refractivity (Wildman–Crippen MR) is 108 cm³/mol. The largest absolute Gasteiger partial charge is 0.313 e. The van der Waals surface area contributed by atoms with Crippen molar-refractivity contribution in [1.82, 2.24) is 14.9 Å². The van der Waals surface area contributed by atoms with Gasteiger partial charge in [0.05, 0.1) is 17.1 Å². The van der Waals surface area contributed by atoms with Gasteiger partial charge in [0.25, 0.3) is 0 Å². The lowest BCUT2D eigenvalue weighted by Crippen LogP contribution is -2.53. The van der Waals surface area contributed by atoms with E-state index in [0.29, 0.717) is 5.92 Å². The molecule has 2 heterocycles. The van der Waals surface area contributed by atoms with Gasteiger partial charge in [-0.25, -0.2) is 0 Å². The van der Waals surface area contributed by atoms with Gasteiger partial charge < -0.3 is 5.73 Å². The molecular formula is C21H36N4. The average Bonchev–Trinajstić information content (AvgIpc) is 2.57. The Morgan fingerprint density at radius 2 is 1.40 bits per heavy atom. The molecule has 0 aromatic carbocycles. The van der Waals surface area contributed by atoms with Crippen molar-refractivity contribution in [3.05, 3.63) is 60.2 Å². The first-order valence-electron chi connectivity index (χ1n) is 8.81. The van der Waals surface area contributed by atoms with Crippen molar-refractivity contribution in [3.63, 3.8) is 0 Å². The Labute approximate surface area is 154 Å². The fourth-order valence-electron chi connectivity index (χ4n) is 2.75. The third-order valence-electron chi connectivity index (χ3n) is 3.70. The van der Waals surface area contributed by atoms with Crippen LogP contribution in [-0.2, 0) is 13.1 Å². The molecule has 0 fully saturated rings. The summed E-state index contributed by atoms with van der Waals surface area (Å²) in [5, 5.41) is 0. The van der Waals surface area contributed by atoms with Crippen LogP contribution in [0.25, 0.3) is 0 Å². The van der Waals surface area contributed by atoms with Gasteiger partial charge >= 0.3 is 0 Å². The summed E-state index contributed by atoms with van der Waals surface area (Å²) in [5.41, 5.74) is 8.28. The minimum absolute atomic E-state index is 0. The summed E-state index contributed by atoms with van der Waals surface area (Å²) in [7, 11) is 0. The molecule has 0 saturated heterocycles. The van der Waals surface area contributed by atoms with Crippen LogP contribution in [0.5, 0.6) is 0 Å². The van der Waals surface area contributed by atoms with E-state index in [4.69, 9.17) is 5.73 Å². The van der Waals surface area contributed by atoms with E-state index in [-0.39, 0.29) is 7.43 Å². The lowest BCUT2D eigenvalue weighted by molar-refractivity contribution is 0.0683. The number of hydrogen-bond donors (Lipinski definition) is 1. The second-order valence-corrected chi connectivity index (χ2v) is 6.45. The van der Waals surface area contributed by atoms with E-state index >= 15 is 0 Å². The summed E-state index contributed by atoms with van der Waals surface area (Å²) in [6, 6.07) is 12.0. The van der Waals surface area contributed by atoms with Crippen LogP contribution in [0.4, 0.5) is 0 Å². The van der Waals surface area contributed by atoms with Crippen LogP contribution < -0.4 is 5.73 Å². The molecule has 0 aliphatic rings. The highest BCUT2D eigenvalue weighted by atomic mass is 15.3. The van der Waals surface area contributed by atoms with Gasteiger partial charge in [0, 0.05) is 25.5 Å². The van der Waals surface area contributed by atoms with Crippen LogP contribution in [0.15, 0.2) is 48.8 Å². The summed E-state index contributed by atoms with van der Waals surface area (Å²) in [6.45, 7) is 11.9. The standard InChI is InChI=1S/C18H26N4.C2H6.CH4/c1-15(2)12-18(3,19)22(13-16-8-4-6-10-20-16)14-17-9-5-7-11-21-17;1-2;/h4-11,15H,12-14,19H2,1-3H3;1-2H3;1H4. The molecule has 0 aliphatic carbocycles. The van der Waals surface area contributed by atoms with Gasteiger partial charge in [0.15, 0.2) is 0 Å². The summed E-state index contributed by atoms with van der Waals surface area (Å²) in [5.74, 6) is 0.532. The highest BCUT2D eigenvalue weighted by Gasteiger charge is 2.29. The van der Waals surface area contributed by atoms with Crippen molar-refractivity contribution in [2.75, 3.05) is 0 Å². The van der Waals surface area contributed by atoms with E-state index in [1.54, 1.807) is 0 Å². The fourth-order valence-corrected chi connectivity index (χ4v) is 2.75. The maximum absolute atomic E-state index is 6.63. The zero-order valence-electron chi connectivity index (χ0n) is 15.7. The van der Waals surface area contributed by atoms with Crippen molar-refractivity contribution >= 4 is 0 Å². The predicted octanol–water partition coefficient (Wildman–Crippen LogP) is 4.86. The molecule has 0 bridgehead atoms. The number of nitrogens with two attached hydrogens (primary N) is 1. The van der Waals surface area contributed by atoms with E-state index in [0.717, 1.165) is 30.9 Å². The number of hydrogen-bond acceptors (Lipinski definition) is 4. The van der Waals surface area contributed by atoms with E-state index < -0.39 is 5.66 Å². The summed E-state index contributed by atoms with van der Waals surface area (Å²) >= 11 is 0. The third kappa shape index (κ3) is 8.23. The quantitative estimate of drug-likeness (QED) is 0.729. The van der Waals surface area contributed by atoms with Crippen LogP contribution in [0.1, 0.15) is 59.9 Å². The number of pyridine rings is 2. The number of rotatable bonds is 7. The molecule has 1 unspecified atom stereocenters. The summed E-state index contributed by atoms with van der Waals surface area (Å²) in [4.78, 5) is 11.1. The van der Waals surface area contributed by atoms with E-state index in [1.165, 1.54) is 0 Å². The van der Waals surface area contributed by atoms with Crippen LogP contribution in [0, 0.1) is 5.92 Å². The van der Waals surface area contributed by atoms with Gasteiger partial charge in [-0.15, -0.1) is 0 Å². The van der Waals surface area contributed by atoms with Gasteiger partial charge in [0.1, 0.15) is 0 Å². The molecule has 2 N–H and O–H groups in total. The molecule has 0 aliphatic heterocycles. The molecule has 0 radical (unpaired) electrons. The number of nitrogens with zero attached hydrogens (tertiary/aromatic N) is 3. The molecule has 4 nitrogen and oxygen atoms in total. The normalized spacial score (nSPS) is 12.8. The third-order valence-corrected chi connectivity index (χ3v) is 3.70. The molecule has 1 atom stereocenters. The first-order chi connectivity index (χ1) is 11.5. The van der Waals surface area contributed by atoms with E-state index in [1.807, 2.05) is 62.6 Å². The molecule has 140 valence electrons. The fraction of sp³-hybridized carbons (Fsp3) is 0.524. The van der Waals surface area contributed by atoms with Crippen molar-refractivity contribution in [1.29, 1.82) is 0 Å². The van der Waals surface area contributed by atoms with E-state index in [2.05, 4.69) is 35.6 Å².